The van der Waals surface area contributed by atoms with E-state index in [0.717, 1.165) is 5.92 Å². The zero-order chi connectivity index (χ0) is 8.27. The number of allylic oxidation sites excluding steroid dienone is 4. The number of rotatable bonds is 1. The average molecular weight is 150 g/mol. The van der Waals surface area contributed by atoms with Crippen LogP contribution >= 0.6 is 0 Å². The minimum Gasteiger partial charge on any atom is -0.0813 e. The maximum Gasteiger partial charge on any atom is -0.0191 e. The second-order valence-electron chi connectivity index (χ2n) is 3.54. The lowest BCUT2D eigenvalue weighted by molar-refractivity contribution is 0.599. The van der Waals surface area contributed by atoms with Gasteiger partial charge in [-0.05, 0) is 37.7 Å². The van der Waals surface area contributed by atoms with Gasteiger partial charge >= 0.3 is 0 Å². The van der Waals surface area contributed by atoms with Crippen molar-refractivity contribution in [3.8, 4) is 0 Å². The van der Waals surface area contributed by atoms with Crippen LogP contribution in [-0.2, 0) is 0 Å². The molecule has 1 aliphatic carbocycles. The standard InChI is InChI=1S/C11H18/c1-4-5-11-8-9(2)6-7-10(11)3/h5,8,10H,4,6-7H2,1-3H3/b11-5+. The van der Waals surface area contributed by atoms with Gasteiger partial charge in [0.1, 0.15) is 0 Å². The van der Waals surface area contributed by atoms with Crippen LogP contribution in [0.4, 0.5) is 0 Å². The van der Waals surface area contributed by atoms with Crippen molar-refractivity contribution in [1.29, 1.82) is 0 Å². The van der Waals surface area contributed by atoms with Crippen LogP contribution < -0.4 is 0 Å². The Morgan fingerprint density at radius 2 is 2.36 bits per heavy atom. The molecule has 0 aliphatic heterocycles. The molecule has 0 spiro atoms. The lowest BCUT2D eigenvalue weighted by Gasteiger charge is -2.19. The average Bonchev–Trinajstić information content (AvgIpc) is 1.98. The predicted octanol–water partition coefficient (Wildman–Crippen LogP) is 3.70. The molecule has 0 aromatic heterocycles. The molecule has 1 aliphatic rings. The fourth-order valence-corrected chi connectivity index (χ4v) is 1.61. The summed E-state index contributed by atoms with van der Waals surface area (Å²) in [5.41, 5.74) is 3.10. The van der Waals surface area contributed by atoms with E-state index in [0.29, 0.717) is 0 Å². The van der Waals surface area contributed by atoms with Gasteiger partial charge in [-0.2, -0.15) is 0 Å². The van der Waals surface area contributed by atoms with Gasteiger partial charge in [-0.25, -0.2) is 0 Å². The van der Waals surface area contributed by atoms with Crippen LogP contribution in [0.1, 0.15) is 40.0 Å². The van der Waals surface area contributed by atoms with Crippen LogP contribution in [0, 0.1) is 5.92 Å². The molecule has 1 unspecified atom stereocenters. The molecule has 0 heterocycles. The third-order valence-electron chi connectivity index (χ3n) is 2.39. The zero-order valence-electron chi connectivity index (χ0n) is 7.85. The van der Waals surface area contributed by atoms with Crippen molar-refractivity contribution in [2.24, 2.45) is 5.92 Å². The molecule has 11 heavy (non-hydrogen) atoms. The Balaban J connectivity index is 2.75. The summed E-state index contributed by atoms with van der Waals surface area (Å²) in [7, 11) is 0. The molecule has 0 heteroatoms. The maximum atomic E-state index is 2.36. The predicted molar refractivity (Wildman–Crippen MR) is 50.5 cm³/mol. The monoisotopic (exact) mass is 150 g/mol. The van der Waals surface area contributed by atoms with Gasteiger partial charge in [0.2, 0.25) is 0 Å². The fourth-order valence-electron chi connectivity index (χ4n) is 1.61. The summed E-state index contributed by atoms with van der Waals surface area (Å²) in [6.07, 6.45) is 8.52. The molecular weight excluding hydrogens is 132 g/mol. The molecule has 1 rings (SSSR count). The first-order valence-electron chi connectivity index (χ1n) is 4.61. The van der Waals surface area contributed by atoms with E-state index in [2.05, 4.69) is 32.9 Å². The second kappa shape index (κ2) is 3.75. The van der Waals surface area contributed by atoms with Gasteiger partial charge in [0.15, 0.2) is 0 Å². The van der Waals surface area contributed by atoms with Crippen molar-refractivity contribution >= 4 is 0 Å². The minimum atomic E-state index is 0.790. The summed E-state index contributed by atoms with van der Waals surface area (Å²) in [6, 6.07) is 0. The second-order valence-corrected chi connectivity index (χ2v) is 3.54. The van der Waals surface area contributed by atoms with Crippen molar-refractivity contribution in [3.05, 3.63) is 23.3 Å². The molecule has 0 N–H and O–H groups in total. The van der Waals surface area contributed by atoms with Gasteiger partial charge in [-0.1, -0.05) is 31.6 Å². The van der Waals surface area contributed by atoms with Crippen LogP contribution in [0.3, 0.4) is 0 Å². The van der Waals surface area contributed by atoms with Gasteiger partial charge in [0.05, 0.1) is 0 Å². The molecule has 0 saturated heterocycles. The SMILES string of the molecule is CC/C=C1\C=C(C)CCC1C. The summed E-state index contributed by atoms with van der Waals surface area (Å²) >= 11 is 0. The van der Waals surface area contributed by atoms with Gasteiger partial charge in [-0.15, -0.1) is 0 Å². The first-order chi connectivity index (χ1) is 5.24. The Morgan fingerprint density at radius 3 is 3.00 bits per heavy atom. The molecule has 0 bridgehead atoms. The first-order valence-corrected chi connectivity index (χ1v) is 4.61. The third-order valence-corrected chi connectivity index (χ3v) is 2.39. The van der Waals surface area contributed by atoms with Gasteiger partial charge in [-0.3, -0.25) is 0 Å². The quantitative estimate of drug-likeness (QED) is 0.534. The van der Waals surface area contributed by atoms with Gasteiger partial charge in [0.25, 0.3) is 0 Å². The Bertz CT molecular complexity index is 184. The Morgan fingerprint density at radius 1 is 1.64 bits per heavy atom. The summed E-state index contributed by atoms with van der Waals surface area (Å²) < 4.78 is 0. The summed E-state index contributed by atoms with van der Waals surface area (Å²) in [6.45, 7) is 6.76. The van der Waals surface area contributed by atoms with E-state index in [1.54, 1.807) is 11.1 Å². The van der Waals surface area contributed by atoms with Crippen LogP contribution in [0.15, 0.2) is 23.3 Å². The van der Waals surface area contributed by atoms with Crippen molar-refractivity contribution in [1.82, 2.24) is 0 Å². The first kappa shape index (κ1) is 8.58. The number of hydrogen-bond donors (Lipinski definition) is 0. The van der Waals surface area contributed by atoms with Crippen molar-refractivity contribution in [2.45, 2.75) is 40.0 Å². The molecule has 0 aromatic carbocycles. The maximum absolute atomic E-state index is 2.36. The highest BCUT2D eigenvalue weighted by atomic mass is 14.2. The Hall–Kier alpha value is -0.520. The molecule has 0 nitrogen and oxygen atoms in total. The largest absolute Gasteiger partial charge is 0.0813 e. The van der Waals surface area contributed by atoms with E-state index in [1.165, 1.54) is 19.3 Å². The van der Waals surface area contributed by atoms with Crippen LogP contribution in [0.2, 0.25) is 0 Å². The Kier molecular flexibility index (Phi) is 2.92. The topological polar surface area (TPSA) is 0 Å². The van der Waals surface area contributed by atoms with Crippen LogP contribution in [0.25, 0.3) is 0 Å². The van der Waals surface area contributed by atoms with E-state index >= 15 is 0 Å². The zero-order valence-corrected chi connectivity index (χ0v) is 7.85. The summed E-state index contributed by atoms with van der Waals surface area (Å²) in [4.78, 5) is 0. The lowest BCUT2D eigenvalue weighted by Crippen LogP contribution is -2.03. The van der Waals surface area contributed by atoms with E-state index in [-0.39, 0.29) is 0 Å². The van der Waals surface area contributed by atoms with Crippen molar-refractivity contribution in [3.63, 3.8) is 0 Å². The molecule has 1 atom stereocenters. The summed E-state index contributed by atoms with van der Waals surface area (Å²) in [5, 5.41) is 0. The molecule has 0 radical (unpaired) electrons. The van der Waals surface area contributed by atoms with E-state index in [9.17, 15) is 0 Å². The third kappa shape index (κ3) is 2.21. The molecule has 0 saturated carbocycles. The highest BCUT2D eigenvalue weighted by Crippen LogP contribution is 2.27. The van der Waals surface area contributed by atoms with Crippen molar-refractivity contribution in [2.75, 3.05) is 0 Å². The normalized spacial score (nSPS) is 28.8. The van der Waals surface area contributed by atoms with Crippen LogP contribution in [-0.4, -0.2) is 0 Å². The molecule has 0 fully saturated rings. The van der Waals surface area contributed by atoms with E-state index < -0.39 is 0 Å². The highest BCUT2D eigenvalue weighted by Gasteiger charge is 2.11. The van der Waals surface area contributed by atoms with E-state index in [1.807, 2.05) is 0 Å². The van der Waals surface area contributed by atoms with E-state index in [4.69, 9.17) is 0 Å². The molecule has 0 amide bonds. The summed E-state index contributed by atoms with van der Waals surface area (Å²) in [5.74, 6) is 0.790. The smallest absolute Gasteiger partial charge is 0.0191 e. The Labute approximate surface area is 70.0 Å². The molecular formula is C11H18. The number of hydrogen-bond acceptors (Lipinski definition) is 0. The highest BCUT2D eigenvalue weighted by molar-refractivity contribution is 5.28. The fraction of sp³-hybridized carbons (Fsp3) is 0.636. The van der Waals surface area contributed by atoms with Gasteiger partial charge < -0.3 is 0 Å². The lowest BCUT2D eigenvalue weighted by atomic mass is 9.87. The molecule has 0 aromatic rings. The molecule has 62 valence electrons. The van der Waals surface area contributed by atoms with Crippen molar-refractivity contribution < 1.29 is 0 Å². The van der Waals surface area contributed by atoms with Gasteiger partial charge in [0, 0.05) is 0 Å². The van der Waals surface area contributed by atoms with Crippen LogP contribution in [0.5, 0.6) is 0 Å². The minimum absolute atomic E-state index is 0.790.